The predicted octanol–water partition coefficient (Wildman–Crippen LogP) is 5.67. The van der Waals surface area contributed by atoms with E-state index in [0.717, 1.165) is 25.0 Å². The largest absolute Gasteiger partial charge is 0.416 e. The van der Waals surface area contributed by atoms with Gasteiger partial charge in [0.2, 0.25) is 11.8 Å². The summed E-state index contributed by atoms with van der Waals surface area (Å²) in [5.74, 6) is -0.529. The molecule has 0 saturated heterocycles. The fourth-order valence-electron chi connectivity index (χ4n) is 2.45. The zero-order chi connectivity index (χ0) is 20.7. The molecule has 0 saturated carbocycles. The highest BCUT2D eigenvalue weighted by molar-refractivity contribution is 6.34. The zero-order valence-corrected chi connectivity index (χ0v) is 16.0. The van der Waals surface area contributed by atoms with Crippen LogP contribution < -0.4 is 10.6 Å². The number of amides is 2. The van der Waals surface area contributed by atoms with Crippen molar-refractivity contribution in [2.45, 2.75) is 38.8 Å². The van der Waals surface area contributed by atoms with Crippen LogP contribution in [0, 0.1) is 0 Å². The minimum atomic E-state index is -4.41. The number of halogens is 4. The van der Waals surface area contributed by atoms with E-state index >= 15 is 0 Å². The van der Waals surface area contributed by atoms with Crippen molar-refractivity contribution >= 4 is 34.8 Å². The van der Waals surface area contributed by atoms with Gasteiger partial charge >= 0.3 is 6.18 Å². The summed E-state index contributed by atoms with van der Waals surface area (Å²) >= 11 is 6.14. The second-order valence-electron chi connectivity index (χ2n) is 6.27. The summed E-state index contributed by atoms with van der Waals surface area (Å²) in [6.45, 7) is 1.99. The second kappa shape index (κ2) is 9.59. The molecule has 2 rings (SSSR count). The number of carbonyl (C=O) groups excluding carboxylic acids is 2. The van der Waals surface area contributed by atoms with Crippen LogP contribution in [0.5, 0.6) is 0 Å². The molecule has 4 nitrogen and oxygen atoms in total. The van der Waals surface area contributed by atoms with E-state index < -0.39 is 17.6 Å². The molecular weight excluding hydrogens is 393 g/mol. The van der Waals surface area contributed by atoms with Crippen LogP contribution in [0.1, 0.15) is 37.3 Å². The number of hydrogen-bond donors (Lipinski definition) is 2. The van der Waals surface area contributed by atoms with Gasteiger partial charge in [-0.2, -0.15) is 13.2 Å². The van der Waals surface area contributed by atoms with E-state index in [1.807, 2.05) is 6.92 Å². The Hall–Kier alpha value is -2.54. The lowest BCUT2D eigenvalue weighted by Gasteiger charge is -2.11. The van der Waals surface area contributed by atoms with Crippen LogP contribution in [0.4, 0.5) is 24.5 Å². The van der Waals surface area contributed by atoms with Gasteiger partial charge in [-0.3, -0.25) is 9.59 Å². The standard InChI is InChI=1S/C20H20ClF3N2O2/c1-2-3-4-18(27)26-17-10-9-15(12-16(17)21)25-19(28)11-13-5-7-14(8-6-13)20(22,23)24/h5-10,12H,2-4,11H2,1H3,(H,25,28)(H,26,27). The number of rotatable bonds is 7. The van der Waals surface area contributed by atoms with E-state index in [1.54, 1.807) is 12.1 Å². The number of unbranched alkanes of at least 4 members (excludes halogenated alkanes) is 1. The van der Waals surface area contributed by atoms with Crippen molar-refractivity contribution in [1.82, 2.24) is 0 Å². The van der Waals surface area contributed by atoms with Crippen LogP contribution in [-0.2, 0) is 22.2 Å². The van der Waals surface area contributed by atoms with Crippen LogP contribution in [0.3, 0.4) is 0 Å². The first-order chi connectivity index (χ1) is 13.2. The summed E-state index contributed by atoms with van der Waals surface area (Å²) in [5.41, 5.74) is 0.563. The van der Waals surface area contributed by atoms with E-state index in [9.17, 15) is 22.8 Å². The molecule has 0 aliphatic carbocycles. The summed E-state index contributed by atoms with van der Waals surface area (Å²) in [4.78, 5) is 23.9. The molecular formula is C20H20ClF3N2O2. The minimum Gasteiger partial charge on any atom is -0.326 e. The maximum atomic E-state index is 12.6. The molecule has 2 aromatic rings. The molecule has 0 fully saturated rings. The lowest BCUT2D eigenvalue weighted by molar-refractivity contribution is -0.137. The molecule has 0 atom stereocenters. The molecule has 0 bridgehead atoms. The van der Waals surface area contributed by atoms with Gasteiger partial charge < -0.3 is 10.6 Å². The third-order valence-electron chi connectivity index (χ3n) is 3.93. The number of carbonyl (C=O) groups is 2. The first kappa shape index (κ1) is 21.8. The minimum absolute atomic E-state index is 0.0781. The number of benzene rings is 2. The smallest absolute Gasteiger partial charge is 0.326 e. The molecule has 0 aromatic heterocycles. The molecule has 28 heavy (non-hydrogen) atoms. The predicted molar refractivity (Wildman–Crippen MR) is 103 cm³/mol. The number of nitrogens with one attached hydrogen (secondary N) is 2. The van der Waals surface area contributed by atoms with Crippen molar-refractivity contribution in [1.29, 1.82) is 0 Å². The van der Waals surface area contributed by atoms with Crippen LogP contribution in [0.15, 0.2) is 42.5 Å². The van der Waals surface area contributed by atoms with E-state index in [2.05, 4.69) is 10.6 Å². The molecule has 0 unspecified atom stereocenters. The van der Waals surface area contributed by atoms with Crippen molar-refractivity contribution in [2.75, 3.05) is 10.6 Å². The second-order valence-corrected chi connectivity index (χ2v) is 6.67. The average Bonchev–Trinajstić information content (AvgIpc) is 2.62. The first-order valence-corrected chi connectivity index (χ1v) is 9.12. The average molecular weight is 413 g/mol. The Morgan fingerprint density at radius 3 is 2.25 bits per heavy atom. The van der Waals surface area contributed by atoms with Gasteiger partial charge in [0.1, 0.15) is 0 Å². The molecule has 2 aromatic carbocycles. The van der Waals surface area contributed by atoms with Gasteiger partial charge in [-0.25, -0.2) is 0 Å². The Balaban J connectivity index is 1.95. The fraction of sp³-hybridized carbons (Fsp3) is 0.300. The molecule has 0 spiro atoms. The Morgan fingerprint density at radius 1 is 1.00 bits per heavy atom. The number of hydrogen-bond acceptors (Lipinski definition) is 2. The molecule has 0 radical (unpaired) electrons. The third kappa shape index (κ3) is 6.56. The van der Waals surface area contributed by atoms with E-state index in [4.69, 9.17) is 11.6 Å². The van der Waals surface area contributed by atoms with Gasteiger partial charge in [-0.1, -0.05) is 37.1 Å². The molecule has 0 heterocycles. The van der Waals surface area contributed by atoms with Gasteiger partial charge in [-0.15, -0.1) is 0 Å². The molecule has 2 amide bonds. The highest BCUT2D eigenvalue weighted by atomic mass is 35.5. The Bertz CT molecular complexity index is 836. The summed E-state index contributed by atoms with van der Waals surface area (Å²) in [5, 5.41) is 5.62. The highest BCUT2D eigenvalue weighted by Crippen LogP contribution is 2.29. The normalized spacial score (nSPS) is 11.2. The SMILES string of the molecule is CCCCC(=O)Nc1ccc(NC(=O)Cc2ccc(C(F)(F)F)cc2)cc1Cl. The lowest BCUT2D eigenvalue weighted by atomic mass is 10.1. The summed E-state index contributed by atoms with van der Waals surface area (Å²) < 4.78 is 37.7. The van der Waals surface area contributed by atoms with Crippen molar-refractivity contribution < 1.29 is 22.8 Å². The van der Waals surface area contributed by atoms with Gasteiger partial charge in [0, 0.05) is 12.1 Å². The van der Waals surface area contributed by atoms with Crippen LogP contribution >= 0.6 is 11.6 Å². The highest BCUT2D eigenvalue weighted by Gasteiger charge is 2.29. The van der Waals surface area contributed by atoms with Gasteiger partial charge in [0.05, 0.1) is 22.7 Å². The van der Waals surface area contributed by atoms with E-state index in [1.165, 1.54) is 18.2 Å². The van der Waals surface area contributed by atoms with Crippen LogP contribution in [0.25, 0.3) is 0 Å². The molecule has 150 valence electrons. The Labute approximate surface area is 166 Å². The Morgan fingerprint density at radius 2 is 1.68 bits per heavy atom. The number of alkyl halides is 3. The van der Waals surface area contributed by atoms with E-state index in [0.29, 0.717) is 23.4 Å². The maximum absolute atomic E-state index is 12.6. The van der Waals surface area contributed by atoms with Crippen molar-refractivity contribution in [3.8, 4) is 0 Å². The van der Waals surface area contributed by atoms with Crippen LogP contribution in [-0.4, -0.2) is 11.8 Å². The van der Waals surface area contributed by atoms with Gasteiger partial charge in [-0.05, 0) is 42.3 Å². The number of anilines is 2. The Kier molecular flexibility index (Phi) is 7.45. The summed E-state index contributed by atoms with van der Waals surface area (Å²) in [6.07, 6.45) is -2.40. The first-order valence-electron chi connectivity index (χ1n) is 8.74. The van der Waals surface area contributed by atoms with Gasteiger partial charge in [0.25, 0.3) is 0 Å². The summed E-state index contributed by atoms with van der Waals surface area (Å²) in [6, 6.07) is 9.09. The monoisotopic (exact) mass is 412 g/mol. The summed E-state index contributed by atoms with van der Waals surface area (Å²) in [7, 11) is 0. The molecule has 0 aliphatic rings. The topological polar surface area (TPSA) is 58.2 Å². The third-order valence-corrected chi connectivity index (χ3v) is 4.24. The fourth-order valence-corrected chi connectivity index (χ4v) is 2.67. The molecule has 0 aliphatic heterocycles. The lowest BCUT2D eigenvalue weighted by Crippen LogP contribution is -2.15. The molecule has 2 N–H and O–H groups in total. The van der Waals surface area contributed by atoms with Gasteiger partial charge in [0.15, 0.2) is 0 Å². The van der Waals surface area contributed by atoms with Crippen LogP contribution in [0.2, 0.25) is 5.02 Å². The van der Waals surface area contributed by atoms with Crippen molar-refractivity contribution in [3.05, 3.63) is 58.6 Å². The van der Waals surface area contributed by atoms with Crippen molar-refractivity contribution in [2.24, 2.45) is 0 Å². The molecule has 8 heteroatoms. The van der Waals surface area contributed by atoms with E-state index in [-0.39, 0.29) is 17.4 Å². The quantitative estimate of drug-likeness (QED) is 0.615. The maximum Gasteiger partial charge on any atom is 0.416 e. The van der Waals surface area contributed by atoms with Crippen molar-refractivity contribution in [3.63, 3.8) is 0 Å². The zero-order valence-electron chi connectivity index (χ0n) is 15.2.